The van der Waals surface area contributed by atoms with E-state index >= 15 is 0 Å². The number of nitrogens with one attached hydrogen (secondary N) is 1. The second-order valence-corrected chi connectivity index (χ2v) is 9.47. The average molecular weight is 538 g/mol. The van der Waals surface area contributed by atoms with Crippen LogP contribution in [0.4, 0.5) is 10.5 Å². The van der Waals surface area contributed by atoms with Crippen molar-refractivity contribution in [3.63, 3.8) is 0 Å². The second kappa shape index (κ2) is 14.2. The molecule has 0 fully saturated rings. The van der Waals surface area contributed by atoms with Crippen LogP contribution in [0.3, 0.4) is 0 Å². The normalized spacial score (nSPS) is 10.9. The van der Waals surface area contributed by atoms with Crippen LogP contribution in [-0.2, 0) is 28.9 Å². The van der Waals surface area contributed by atoms with Crippen molar-refractivity contribution in [2.45, 2.75) is 66.5 Å². The minimum Gasteiger partial charge on any atom is -0.493 e. The molecule has 0 spiro atoms. The standard InChI is InChI=1S/C30H39N3O6/c1-6-33(7-2)25-12-8-23(9-13-25)29-32-27(21(5)39-29)16-17-37-26-14-10-22(11-15-28(34)35)24(18-26)19-31-30(36)38-20(3)4/h8-10,12-14,18,20H,6-7,11,15-17,19H2,1-5H3,(H,31,36)(H,34,35). The zero-order chi connectivity index (χ0) is 28.4. The predicted octanol–water partition coefficient (Wildman–Crippen LogP) is 5.77. The molecule has 9 heteroatoms. The molecule has 0 saturated carbocycles. The molecule has 1 amide bonds. The average Bonchev–Trinajstić information content (AvgIpc) is 3.27. The van der Waals surface area contributed by atoms with Crippen LogP contribution in [-0.4, -0.2) is 48.0 Å². The maximum absolute atomic E-state index is 12.0. The van der Waals surface area contributed by atoms with Crippen LogP contribution < -0.4 is 15.0 Å². The van der Waals surface area contributed by atoms with Crippen LogP contribution in [0.2, 0.25) is 0 Å². The molecule has 0 radical (unpaired) electrons. The first-order chi connectivity index (χ1) is 18.7. The number of carbonyl (C=O) groups excluding carboxylic acids is 1. The fraction of sp³-hybridized carbons (Fsp3) is 0.433. The first kappa shape index (κ1) is 29.5. The number of aromatic nitrogens is 1. The maximum Gasteiger partial charge on any atom is 0.407 e. The third-order valence-electron chi connectivity index (χ3n) is 6.29. The molecule has 39 heavy (non-hydrogen) atoms. The summed E-state index contributed by atoms with van der Waals surface area (Å²) in [7, 11) is 0. The van der Waals surface area contributed by atoms with Crippen molar-refractivity contribution in [2.75, 3.05) is 24.6 Å². The van der Waals surface area contributed by atoms with Crippen LogP contribution >= 0.6 is 0 Å². The van der Waals surface area contributed by atoms with Gasteiger partial charge in [-0.2, -0.15) is 0 Å². The van der Waals surface area contributed by atoms with Crippen LogP contribution in [0.5, 0.6) is 5.75 Å². The number of rotatable bonds is 14. The zero-order valence-corrected chi connectivity index (χ0v) is 23.5. The van der Waals surface area contributed by atoms with Gasteiger partial charge in [0, 0.05) is 43.7 Å². The van der Waals surface area contributed by atoms with E-state index < -0.39 is 12.1 Å². The van der Waals surface area contributed by atoms with Gasteiger partial charge in [0.2, 0.25) is 5.89 Å². The SMILES string of the molecule is CCN(CC)c1ccc(-c2nc(CCOc3ccc(CCC(=O)O)c(CNC(=O)OC(C)C)c3)c(C)o2)cc1. The number of hydrogen-bond acceptors (Lipinski definition) is 7. The lowest BCUT2D eigenvalue weighted by molar-refractivity contribution is -0.136. The number of anilines is 1. The van der Waals surface area contributed by atoms with E-state index in [0.717, 1.165) is 41.2 Å². The smallest absolute Gasteiger partial charge is 0.407 e. The molecule has 210 valence electrons. The number of carbonyl (C=O) groups is 2. The highest BCUT2D eigenvalue weighted by Crippen LogP contribution is 2.25. The summed E-state index contributed by atoms with van der Waals surface area (Å²) in [6.07, 6.45) is 0.138. The summed E-state index contributed by atoms with van der Waals surface area (Å²) in [6, 6.07) is 13.7. The number of nitrogens with zero attached hydrogens (tertiary/aromatic N) is 2. The molecule has 3 aromatic rings. The molecule has 1 aromatic heterocycles. The highest BCUT2D eigenvalue weighted by Gasteiger charge is 2.14. The molecule has 0 bridgehead atoms. The van der Waals surface area contributed by atoms with Gasteiger partial charge in [-0.25, -0.2) is 9.78 Å². The van der Waals surface area contributed by atoms with Crippen LogP contribution in [0.1, 0.15) is 56.7 Å². The largest absolute Gasteiger partial charge is 0.493 e. The van der Waals surface area contributed by atoms with Gasteiger partial charge in [0.05, 0.1) is 18.4 Å². The monoisotopic (exact) mass is 537 g/mol. The number of aliphatic carboxylic acids is 1. The third-order valence-corrected chi connectivity index (χ3v) is 6.29. The lowest BCUT2D eigenvalue weighted by Gasteiger charge is -2.20. The van der Waals surface area contributed by atoms with E-state index in [-0.39, 0.29) is 19.1 Å². The number of aryl methyl sites for hydroxylation is 2. The minimum atomic E-state index is -0.879. The molecule has 0 atom stereocenters. The van der Waals surface area contributed by atoms with Crippen molar-refractivity contribution in [1.82, 2.24) is 10.3 Å². The molecule has 0 aliphatic carbocycles. The van der Waals surface area contributed by atoms with Gasteiger partial charge in [-0.05, 0) is 88.6 Å². The molecular weight excluding hydrogens is 498 g/mol. The Balaban J connectivity index is 1.64. The highest BCUT2D eigenvalue weighted by atomic mass is 16.6. The molecule has 3 rings (SSSR count). The highest BCUT2D eigenvalue weighted by molar-refractivity contribution is 5.68. The zero-order valence-electron chi connectivity index (χ0n) is 23.5. The molecule has 1 heterocycles. The predicted molar refractivity (Wildman–Crippen MR) is 150 cm³/mol. The van der Waals surface area contributed by atoms with Crippen molar-refractivity contribution < 1.29 is 28.6 Å². The summed E-state index contributed by atoms with van der Waals surface area (Å²) >= 11 is 0. The van der Waals surface area contributed by atoms with Gasteiger partial charge in [0.15, 0.2) is 0 Å². The maximum atomic E-state index is 12.0. The molecule has 2 aromatic carbocycles. The van der Waals surface area contributed by atoms with Crippen molar-refractivity contribution >= 4 is 17.7 Å². The first-order valence-corrected chi connectivity index (χ1v) is 13.4. The number of carboxylic acid groups (broad SMARTS) is 1. The number of benzene rings is 2. The van der Waals surface area contributed by atoms with Crippen LogP contribution in [0.15, 0.2) is 46.9 Å². The van der Waals surface area contributed by atoms with Crippen molar-refractivity contribution in [3.8, 4) is 17.2 Å². The Morgan fingerprint density at radius 1 is 1.05 bits per heavy atom. The molecular formula is C30H39N3O6. The first-order valence-electron chi connectivity index (χ1n) is 13.4. The van der Waals surface area contributed by atoms with E-state index in [1.807, 2.05) is 37.3 Å². The van der Waals surface area contributed by atoms with Crippen LogP contribution in [0, 0.1) is 6.92 Å². The van der Waals surface area contributed by atoms with Gasteiger partial charge in [0.25, 0.3) is 0 Å². The van der Waals surface area contributed by atoms with Gasteiger partial charge in [-0.15, -0.1) is 0 Å². The van der Waals surface area contributed by atoms with E-state index in [1.54, 1.807) is 13.8 Å². The summed E-state index contributed by atoms with van der Waals surface area (Å²) in [6.45, 7) is 12.2. The number of alkyl carbamates (subject to hydrolysis) is 1. The third kappa shape index (κ3) is 8.77. The summed E-state index contributed by atoms with van der Waals surface area (Å²) in [4.78, 5) is 30.0. The summed E-state index contributed by atoms with van der Waals surface area (Å²) in [5, 5.41) is 11.8. The Kier molecular flexibility index (Phi) is 10.8. The molecule has 0 saturated heterocycles. The molecule has 9 nitrogen and oxygen atoms in total. The topological polar surface area (TPSA) is 114 Å². The second-order valence-electron chi connectivity index (χ2n) is 9.47. The number of oxazole rings is 1. The van der Waals surface area contributed by atoms with E-state index in [1.165, 1.54) is 5.69 Å². The summed E-state index contributed by atoms with van der Waals surface area (Å²) < 4.78 is 17.1. The van der Waals surface area contributed by atoms with Gasteiger partial charge < -0.3 is 29.2 Å². The van der Waals surface area contributed by atoms with Crippen LogP contribution in [0.25, 0.3) is 11.5 Å². The molecule has 2 N–H and O–H groups in total. The lowest BCUT2D eigenvalue weighted by atomic mass is 10.0. The fourth-order valence-electron chi connectivity index (χ4n) is 4.22. The minimum absolute atomic E-state index is 0.00436. The lowest BCUT2D eigenvalue weighted by Crippen LogP contribution is -2.26. The molecule has 0 aliphatic heterocycles. The number of hydrogen-bond donors (Lipinski definition) is 2. The number of amides is 1. The van der Waals surface area contributed by atoms with Gasteiger partial charge in [-0.3, -0.25) is 4.79 Å². The van der Waals surface area contributed by atoms with E-state index in [4.69, 9.17) is 24.0 Å². The van der Waals surface area contributed by atoms with E-state index in [9.17, 15) is 9.59 Å². The Morgan fingerprint density at radius 2 is 1.77 bits per heavy atom. The molecule has 0 aliphatic rings. The fourth-order valence-corrected chi connectivity index (χ4v) is 4.22. The summed E-state index contributed by atoms with van der Waals surface area (Å²) in [5.74, 6) is 1.07. The Bertz CT molecular complexity index is 1230. The Labute approximate surface area is 230 Å². The van der Waals surface area contributed by atoms with Gasteiger partial charge in [-0.1, -0.05) is 6.07 Å². The van der Waals surface area contributed by atoms with Crippen molar-refractivity contribution in [1.29, 1.82) is 0 Å². The Hall–Kier alpha value is -4.01. The van der Waals surface area contributed by atoms with Crippen molar-refractivity contribution in [3.05, 3.63) is 65.0 Å². The number of carboxylic acids is 1. The summed E-state index contributed by atoms with van der Waals surface area (Å²) in [5.41, 5.74) is 4.53. The van der Waals surface area contributed by atoms with Gasteiger partial charge in [0.1, 0.15) is 11.5 Å². The quantitative estimate of drug-likeness (QED) is 0.266. The molecule has 0 unspecified atom stereocenters. The number of ether oxygens (including phenoxy) is 2. The Morgan fingerprint density at radius 3 is 2.41 bits per heavy atom. The van der Waals surface area contributed by atoms with Crippen molar-refractivity contribution in [2.24, 2.45) is 0 Å². The van der Waals surface area contributed by atoms with E-state index in [0.29, 0.717) is 31.1 Å². The van der Waals surface area contributed by atoms with Gasteiger partial charge >= 0.3 is 12.1 Å². The van der Waals surface area contributed by atoms with E-state index in [2.05, 4.69) is 36.2 Å².